The van der Waals surface area contributed by atoms with E-state index >= 15 is 0 Å². The van der Waals surface area contributed by atoms with Crippen molar-refractivity contribution in [3.05, 3.63) is 40.2 Å². The Morgan fingerprint density at radius 1 is 1.21 bits per heavy atom. The lowest BCUT2D eigenvalue weighted by Gasteiger charge is -2.08. The second-order valence-electron chi connectivity index (χ2n) is 4.21. The molecule has 1 N–H and O–H groups in total. The molecule has 1 fully saturated rings. The van der Waals surface area contributed by atoms with Crippen LogP contribution in [0.5, 0.6) is 0 Å². The van der Waals surface area contributed by atoms with Gasteiger partial charge >= 0.3 is 0 Å². The molecule has 2 unspecified atom stereocenters. The molecule has 2 atom stereocenters. The Morgan fingerprint density at radius 3 is 2.37 bits per heavy atom. The van der Waals surface area contributed by atoms with Crippen LogP contribution in [0, 0.1) is 36.1 Å². The predicted octanol–water partition coefficient (Wildman–Crippen LogP) is 3.00. The van der Waals surface area contributed by atoms with Crippen LogP contribution in [-0.2, 0) is 0 Å². The van der Waals surface area contributed by atoms with Gasteiger partial charge < -0.3 is 5.32 Å². The van der Waals surface area contributed by atoms with Crippen LogP contribution in [0.4, 0.5) is 17.6 Å². The number of hydrogen-bond donors (Lipinski definition) is 1. The Morgan fingerprint density at radius 2 is 1.79 bits per heavy atom. The van der Waals surface area contributed by atoms with E-state index in [0.29, 0.717) is 13.0 Å². The molecule has 1 saturated carbocycles. The number of rotatable bonds is 4. The van der Waals surface area contributed by atoms with Gasteiger partial charge in [-0.15, -0.1) is 0 Å². The van der Waals surface area contributed by atoms with E-state index in [1.165, 1.54) is 0 Å². The molecule has 0 saturated heterocycles. The lowest BCUT2D eigenvalue weighted by molar-refractivity contribution is 0.0957. The van der Waals surface area contributed by atoms with Gasteiger partial charge in [0, 0.05) is 12.0 Å². The number of nitrogens with one attached hydrogen (secondary N) is 1. The van der Waals surface area contributed by atoms with E-state index in [9.17, 15) is 22.4 Å². The van der Waals surface area contributed by atoms with Crippen LogP contribution in [0.25, 0.3) is 0 Å². The average Bonchev–Trinajstić information content (AvgIpc) is 3.14. The van der Waals surface area contributed by atoms with Crippen LogP contribution in [0.1, 0.15) is 16.8 Å². The molecule has 1 aliphatic rings. The highest BCUT2D eigenvalue weighted by Crippen LogP contribution is 2.38. The van der Waals surface area contributed by atoms with Crippen molar-refractivity contribution in [2.75, 3.05) is 6.54 Å². The van der Waals surface area contributed by atoms with E-state index < -0.39 is 45.0 Å². The van der Waals surface area contributed by atoms with E-state index in [0.717, 1.165) is 0 Å². The molecule has 1 aromatic carbocycles. The monoisotopic (exact) mass is 338 g/mol. The van der Waals surface area contributed by atoms with Crippen molar-refractivity contribution in [3.8, 4) is 0 Å². The van der Waals surface area contributed by atoms with Crippen molar-refractivity contribution in [1.29, 1.82) is 0 Å². The van der Waals surface area contributed by atoms with Crippen LogP contribution in [0.2, 0.25) is 0 Å². The number of benzene rings is 1. The molecule has 0 spiro atoms. The Bertz CT molecular complexity index is 520. The maximum atomic E-state index is 13.6. The fourth-order valence-corrected chi connectivity index (χ4v) is 2.45. The first-order chi connectivity index (χ1) is 8.90. The fourth-order valence-electron chi connectivity index (χ4n) is 1.90. The second kappa shape index (κ2) is 5.20. The normalized spacial score (nSPS) is 21.6. The topological polar surface area (TPSA) is 29.1 Å². The van der Waals surface area contributed by atoms with Crippen molar-refractivity contribution in [3.63, 3.8) is 0 Å². The molecule has 2 rings (SSSR count). The van der Waals surface area contributed by atoms with Gasteiger partial charge in [-0.25, -0.2) is 17.6 Å². The van der Waals surface area contributed by atoms with Crippen LogP contribution >= 0.6 is 15.9 Å². The summed E-state index contributed by atoms with van der Waals surface area (Å²) >= 11 is 2.60. The molecule has 0 heterocycles. The molecular weight excluding hydrogens is 330 g/mol. The van der Waals surface area contributed by atoms with Crippen molar-refractivity contribution in [1.82, 2.24) is 5.32 Å². The summed E-state index contributed by atoms with van der Waals surface area (Å²) in [6.07, 6.45) is 0.431. The zero-order valence-electron chi connectivity index (χ0n) is 9.57. The lowest BCUT2D eigenvalue weighted by Crippen LogP contribution is -2.21. The molecule has 103 valence electrons. The third-order valence-electron chi connectivity index (χ3n) is 2.99. The quantitative estimate of drug-likeness (QED) is 0.396. The van der Waals surface area contributed by atoms with Gasteiger partial charge in [-0.05, 0) is 35.8 Å². The molecule has 0 amide bonds. The summed E-state index contributed by atoms with van der Waals surface area (Å²) in [6.45, 7) is 3.91. The van der Waals surface area contributed by atoms with Crippen LogP contribution in [0.3, 0.4) is 0 Å². The van der Waals surface area contributed by atoms with Crippen LogP contribution in [-0.4, -0.2) is 18.4 Å². The average molecular weight is 339 g/mol. The molecule has 19 heavy (non-hydrogen) atoms. The highest BCUT2D eigenvalue weighted by atomic mass is 79.9. The van der Waals surface area contributed by atoms with Gasteiger partial charge in [0.1, 0.15) is 0 Å². The van der Waals surface area contributed by atoms with Gasteiger partial charge in [-0.2, -0.15) is 0 Å². The summed E-state index contributed by atoms with van der Waals surface area (Å²) in [5, 5.41) is 2.87. The van der Waals surface area contributed by atoms with Crippen molar-refractivity contribution >= 4 is 21.7 Å². The van der Waals surface area contributed by atoms with Gasteiger partial charge in [-0.1, -0.05) is 0 Å². The molecule has 0 aliphatic heterocycles. The molecule has 7 heteroatoms. The lowest BCUT2D eigenvalue weighted by atomic mass is 10.1. The summed E-state index contributed by atoms with van der Waals surface area (Å²) in [5.41, 5.74) is -0.783. The zero-order valence-corrected chi connectivity index (χ0v) is 11.2. The van der Waals surface area contributed by atoms with Crippen molar-refractivity contribution in [2.24, 2.45) is 5.92 Å². The Labute approximate surface area is 115 Å². The molecule has 2 nitrogen and oxygen atoms in total. The van der Waals surface area contributed by atoms with Gasteiger partial charge in [0.2, 0.25) is 0 Å². The van der Waals surface area contributed by atoms with Gasteiger partial charge in [-0.3, -0.25) is 4.79 Å². The summed E-state index contributed by atoms with van der Waals surface area (Å²) in [4.78, 5) is 12.0. The fraction of sp³-hybridized carbons (Fsp3) is 0.333. The number of halogens is 5. The van der Waals surface area contributed by atoms with Crippen molar-refractivity contribution in [2.45, 2.75) is 12.5 Å². The Balaban J connectivity index is 2.38. The Kier molecular flexibility index (Phi) is 3.96. The summed E-state index contributed by atoms with van der Waals surface area (Å²) in [5.74, 6) is -8.53. The van der Waals surface area contributed by atoms with Crippen molar-refractivity contribution < 1.29 is 22.4 Å². The maximum Gasteiger partial charge on any atom is 0.198 e. The number of carbonyl (C=O) groups is 1. The largest absolute Gasteiger partial charge is 0.313 e. The van der Waals surface area contributed by atoms with E-state index in [1.54, 1.807) is 0 Å². The second-order valence-corrected chi connectivity index (χ2v) is 5.00. The molecule has 1 radical (unpaired) electrons. The SMILES string of the molecule is [CH2]CNC1CC1C(=O)c1c(F)c(F)c(F)c(F)c1Br. The Hall–Kier alpha value is -0.950. The first-order valence-electron chi connectivity index (χ1n) is 5.48. The minimum Gasteiger partial charge on any atom is -0.313 e. The highest BCUT2D eigenvalue weighted by Gasteiger charge is 2.45. The van der Waals surface area contributed by atoms with Gasteiger partial charge in [0.25, 0.3) is 0 Å². The first kappa shape index (κ1) is 14.5. The smallest absolute Gasteiger partial charge is 0.198 e. The molecule has 1 aliphatic carbocycles. The molecule has 0 bridgehead atoms. The van der Waals surface area contributed by atoms with E-state index in [1.807, 2.05) is 0 Å². The first-order valence-corrected chi connectivity index (χ1v) is 6.27. The number of hydrogen-bond acceptors (Lipinski definition) is 2. The minimum atomic E-state index is -1.98. The standard InChI is InChI=1S/C12H9BrF4NO/c1-2-18-5-3-4(5)12(19)6-7(13)9(15)11(17)10(16)8(6)14/h4-5,18H,1-3H2. The molecular formula is C12H9BrF4NO. The maximum absolute atomic E-state index is 13.6. The van der Waals surface area contributed by atoms with E-state index in [-0.39, 0.29) is 6.04 Å². The highest BCUT2D eigenvalue weighted by molar-refractivity contribution is 9.10. The van der Waals surface area contributed by atoms with Gasteiger partial charge in [0.05, 0.1) is 10.0 Å². The van der Waals surface area contributed by atoms with E-state index in [4.69, 9.17) is 0 Å². The van der Waals surface area contributed by atoms with Crippen LogP contribution in [0.15, 0.2) is 4.47 Å². The molecule has 1 aromatic rings. The number of Topliss-reactive ketones (excluding diaryl/α,β-unsaturated/α-hetero) is 1. The zero-order chi connectivity index (χ0) is 14.3. The summed E-state index contributed by atoms with van der Waals surface area (Å²) < 4.78 is 52.3. The molecule has 0 aromatic heterocycles. The third kappa shape index (κ3) is 2.41. The number of carbonyl (C=O) groups excluding carboxylic acids is 1. The van der Waals surface area contributed by atoms with Crippen LogP contribution < -0.4 is 5.32 Å². The summed E-state index contributed by atoms with van der Waals surface area (Å²) in [6, 6.07) is -0.188. The predicted molar refractivity (Wildman–Crippen MR) is 63.6 cm³/mol. The van der Waals surface area contributed by atoms with Gasteiger partial charge in [0.15, 0.2) is 29.1 Å². The third-order valence-corrected chi connectivity index (χ3v) is 3.73. The summed E-state index contributed by atoms with van der Waals surface area (Å²) in [7, 11) is 0. The minimum absolute atomic E-state index is 0.188. The van der Waals surface area contributed by atoms with E-state index in [2.05, 4.69) is 28.2 Å². The number of ketones is 1.